The summed E-state index contributed by atoms with van der Waals surface area (Å²) in [6, 6.07) is 7.45. The molecule has 3 nitrogen and oxygen atoms in total. The Kier molecular flexibility index (Phi) is 3.64. The molecule has 0 fully saturated rings. The largest absolute Gasteiger partial charge is 0.459 e. The highest BCUT2D eigenvalue weighted by Gasteiger charge is 2.20. The number of carbonyl (C=O) groups excluding carboxylic acids is 1. The molecule has 0 saturated heterocycles. The van der Waals surface area contributed by atoms with Gasteiger partial charge in [-0.2, -0.15) is 0 Å². The normalized spacial score (nSPS) is 12.6. The molecule has 0 spiro atoms. The van der Waals surface area contributed by atoms with Crippen LogP contribution < -0.4 is 5.32 Å². The Morgan fingerprint density at radius 3 is 2.71 bits per heavy atom. The van der Waals surface area contributed by atoms with E-state index in [1.807, 2.05) is 17.5 Å². The summed E-state index contributed by atoms with van der Waals surface area (Å²) in [5.74, 6) is 0.530. The minimum atomic E-state index is -0.165. The summed E-state index contributed by atoms with van der Waals surface area (Å²) in [4.78, 5) is 13.1. The molecule has 1 unspecified atom stereocenters. The third kappa shape index (κ3) is 2.77. The molecule has 17 heavy (non-hydrogen) atoms. The van der Waals surface area contributed by atoms with Gasteiger partial charge in [-0.3, -0.25) is 4.79 Å². The lowest BCUT2D eigenvalue weighted by molar-refractivity contribution is 0.0898. The van der Waals surface area contributed by atoms with Crippen LogP contribution >= 0.6 is 11.3 Å². The maximum absolute atomic E-state index is 11.9. The van der Waals surface area contributed by atoms with E-state index in [1.165, 1.54) is 11.1 Å². The Morgan fingerprint density at radius 1 is 1.35 bits per heavy atom. The van der Waals surface area contributed by atoms with Crippen LogP contribution in [0.4, 0.5) is 0 Å². The van der Waals surface area contributed by atoms with Crippen molar-refractivity contribution in [1.82, 2.24) is 5.32 Å². The Bertz CT molecular complexity index is 460. The molecule has 2 heterocycles. The van der Waals surface area contributed by atoms with Gasteiger partial charge in [0.05, 0.1) is 12.3 Å². The monoisotopic (exact) mass is 249 g/mol. The number of rotatable bonds is 4. The van der Waals surface area contributed by atoms with Crippen molar-refractivity contribution in [3.63, 3.8) is 0 Å². The van der Waals surface area contributed by atoms with Crippen LogP contribution in [0.5, 0.6) is 0 Å². The molecule has 1 amide bonds. The van der Waals surface area contributed by atoms with Crippen molar-refractivity contribution in [2.24, 2.45) is 5.92 Å². The Morgan fingerprint density at radius 2 is 2.18 bits per heavy atom. The first-order chi connectivity index (χ1) is 8.18. The highest BCUT2D eigenvalue weighted by molar-refractivity contribution is 7.10. The van der Waals surface area contributed by atoms with Crippen LogP contribution in [0.3, 0.4) is 0 Å². The van der Waals surface area contributed by atoms with Crippen LogP contribution in [0.15, 0.2) is 40.3 Å². The maximum atomic E-state index is 11.9. The Labute approximate surface area is 104 Å². The van der Waals surface area contributed by atoms with E-state index in [2.05, 4.69) is 19.2 Å². The zero-order valence-electron chi connectivity index (χ0n) is 9.84. The summed E-state index contributed by atoms with van der Waals surface area (Å²) in [6.07, 6.45) is 1.50. The van der Waals surface area contributed by atoms with Crippen molar-refractivity contribution in [2.75, 3.05) is 0 Å². The lowest BCUT2D eigenvalue weighted by Crippen LogP contribution is -2.30. The van der Waals surface area contributed by atoms with Crippen LogP contribution in [0.1, 0.15) is 35.3 Å². The van der Waals surface area contributed by atoms with E-state index in [1.54, 1.807) is 23.5 Å². The fourth-order valence-electron chi connectivity index (χ4n) is 1.65. The van der Waals surface area contributed by atoms with E-state index in [-0.39, 0.29) is 11.9 Å². The van der Waals surface area contributed by atoms with Crippen molar-refractivity contribution >= 4 is 17.2 Å². The summed E-state index contributed by atoms with van der Waals surface area (Å²) in [6.45, 7) is 4.18. The average Bonchev–Trinajstić information content (AvgIpc) is 2.97. The summed E-state index contributed by atoms with van der Waals surface area (Å²) in [7, 11) is 0. The molecule has 0 aliphatic rings. The molecule has 2 aromatic heterocycles. The van der Waals surface area contributed by atoms with Gasteiger partial charge in [0.1, 0.15) is 0 Å². The molecule has 1 atom stereocenters. The van der Waals surface area contributed by atoms with E-state index in [0.29, 0.717) is 11.7 Å². The van der Waals surface area contributed by atoms with E-state index >= 15 is 0 Å². The minimum Gasteiger partial charge on any atom is -0.459 e. The van der Waals surface area contributed by atoms with Gasteiger partial charge >= 0.3 is 0 Å². The van der Waals surface area contributed by atoms with Gasteiger partial charge in [0.2, 0.25) is 0 Å². The first kappa shape index (κ1) is 11.9. The second-order valence-corrected chi connectivity index (χ2v) is 5.17. The number of thiophene rings is 1. The molecule has 1 N–H and O–H groups in total. The number of furan rings is 1. The predicted molar refractivity (Wildman–Crippen MR) is 68.1 cm³/mol. The zero-order valence-corrected chi connectivity index (χ0v) is 10.7. The van der Waals surface area contributed by atoms with Gasteiger partial charge in [-0.15, -0.1) is 11.3 Å². The highest BCUT2D eigenvalue weighted by Crippen LogP contribution is 2.26. The number of amides is 1. The highest BCUT2D eigenvalue weighted by atomic mass is 32.1. The van der Waals surface area contributed by atoms with Crippen molar-refractivity contribution in [3.8, 4) is 0 Å². The van der Waals surface area contributed by atoms with Crippen LogP contribution in [0.25, 0.3) is 0 Å². The number of hydrogen-bond acceptors (Lipinski definition) is 3. The maximum Gasteiger partial charge on any atom is 0.287 e. The SMILES string of the molecule is CC(C)C(NC(=O)c1ccco1)c1cccs1. The fraction of sp³-hybridized carbons (Fsp3) is 0.308. The van der Waals surface area contributed by atoms with Gasteiger partial charge in [-0.1, -0.05) is 19.9 Å². The molecule has 0 saturated carbocycles. The summed E-state index contributed by atoms with van der Waals surface area (Å²) in [5.41, 5.74) is 0. The van der Waals surface area contributed by atoms with Gasteiger partial charge in [0.25, 0.3) is 5.91 Å². The Hall–Kier alpha value is -1.55. The standard InChI is InChI=1S/C13H15NO2S/c1-9(2)12(11-6-4-8-17-11)14-13(15)10-5-3-7-16-10/h3-9,12H,1-2H3,(H,14,15). The number of carbonyl (C=O) groups is 1. The Balaban J connectivity index is 2.12. The summed E-state index contributed by atoms with van der Waals surface area (Å²) >= 11 is 1.65. The molecule has 0 aliphatic heterocycles. The molecule has 4 heteroatoms. The predicted octanol–water partition coefficient (Wildman–Crippen LogP) is 3.47. The van der Waals surface area contributed by atoms with Gasteiger partial charge in [0.15, 0.2) is 5.76 Å². The molecule has 2 rings (SSSR count). The van der Waals surface area contributed by atoms with Crippen LogP contribution in [0, 0.1) is 5.92 Å². The molecule has 0 radical (unpaired) electrons. The number of hydrogen-bond donors (Lipinski definition) is 1. The van der Waals surface area contributed by atoms with Gasteiger partial charge in [-0.05, 0) is 29.5 Å². The third-order valence-corrected chi connectivity index (χ3v) is 3.50. The third-order valence-electron chi connectivity index (χ3n) is 2.55. The molecule has 0 bridgehead atoms. The van der Waals surface area contributed by atoms with Crippen molar-refractivity contribution in [2.45, 2.75) is 19.9 Å². The smallest absolute Gasteiger partial charge is 0.287 e. The van der Waals surface area contributed by atoms with Gasteiger partial charge in [0, 0.05) is 4.88 Å². The quantitative estimate of drug-likeness (QED) is 0.901. The first-order valence-electron chi connectivity index (χ1n) is 5.56. The minimum absolute atomic E-state index is 0.0348. The zero-order chi connectivity index (χ0) is 12.3. The molecular weight excluding hydrogens is 234 g/mol. The van der Waals surface area contributed by atoms with Crippen molar-refractivity contribution in [1.29, 1.82) is 0 Å². The van der Waals surface area contributed by atoms with E-state index in [4.69, 9.17) is 4.42 Å². The van der Waals surface area contributed by atoms with Crippen molar-refractivity contribution in [3.05, 3.63) is 46.5 Å². The summed E-state index contributed by atoms with van der Waals surface area (Å²) < 4.78 is 5.08. The van der Waals surface area contributed by atoms with E-state index in [0.717, 1.165) is 0 Å². The van der Waals surface area contributed by atoms with E-state index < -0.39 is 0 Å². The number of nitrogens with one attached hydrogen (secondary N) is 1. The average molecular weight is 249 g/mol. The molecular formula is C13H15NO2S. The fourth-order valence-corrected chi connectivity index (χ4v) is 2.60. The van der Waals surface area contributed by atoms with Crippen molar-refractivity contribution < 1.29 is 9.21 Å². The topological polar surface area (TPSA) is 42.2 Å². The molecule has 90 valence electrons. The molecule has 0 aromatic carbocycles. The molecule has 2 aromatic rings. The molecule has 0 aliphatic carbocycles. The lowest BCUT2D eigenvalue weighted by atomic mass is 10.0. The van der Waals surface area contributed by atoms with Crippen LogP contribution in [-0.2, 0) is 0 Å². The lowest BCUT2D eigenvalue weighted by Gasteiger charge is -2.20. The van der Waals surface area contributed by atoms with Gasteiger partial charge < -0.3 is 9.73 Å². The second-order valence-electron chi connectivity index (χ2n) is 4.19. The first-order valence-corrected chi connectivity index (χ1v) is 6.44. The second kappa shape index (κ2) is 5.19. The van der Waals surface area contributed by atoms with Crippen LogP contribution in [-0.4, -0.2) is 5.91 Å². The van der Waals surface area contributed by atoms with Crippen LogP contribution in [0.2, 0.25) is 0 Å². The van der Waals surface area contributed by atoms with Gasteiger partial charge in [-0.25, -0.2) is 0 Å². The van der Waals surface area contributed by atoms with E-state index in [9.17, 15) is 4.79 Å². The summed E-state index contributed by atoms with van der Waals surface area (Å²) in [5, 5.41) is 5.02.